The first kappa shape index (κ1) is 11.9. The fourth-order valence-corrected chi connectivity index (χ4v) is 3.13. The number of carbonyl (C=O) groups is 1. The number of hydrogen-bond acceptors (Lipinski definition) is 3. The molecule has 4 heteroatoms. The molecule has 1 amide bonds. The molecule has 1 heterocycles. The molecule has 0 aromatic carbocycles. The molecule has 2 unspecified atom stereocenters. The first-order chi connectivity index (χ1) is 7.74. The Bertz CT molecular complexity index is 251. The van der Waals surface area contributed by atoms with Crippen LogP contribution in [0.1, 0.15) is 39.0 Å². The van der Waals surface area contributed by atoms with Crippen molar-refractivity contribution in [3.63, 3.8) is 0 Å². The fourth-order valence-electron chi connectivity index (χ4n) is 3.13. The molecule has 0 radical (unpaired) electrons. The van der Waals surface area contributed by atoms with Gasteiger partial charge in [-0.3, -0.25) is 9.69 Å². The maximum absolute atomic E-state index is 11.8. The Morgan fingerprint density at radius 3 is 2.75 bits per heavy atom. The van der Waals surface area contributed by atoms with Gasteiger partial charge in [-0.05, 0) is 26.2 Å². The first-order valence-corrected chi connectivity index (χ1v) is 6.40. The van der Waals surface area contributed by atoms with Crippen molar-refractivity contribution < 1.29 is 9.90 Å². The van der Waals surface area contributed by atoms with Gasteiger partial charge in [0.25, 0.3) is 0 Å². The molecule has 2 fully saturated rings. The molecule has 1 aliphatic carbocycles. The van der Waals surface area contributed by atoms with E-state index in [1.165, 1.54) is 25.7 Å². The van der Waals surface area contributed by atoms with Crippen molar-refractivity contribution in [2.75, 3.05) is 13.2 Å². The van der Waals surface area contributed by atoms with Gasteiger partial charge in [-0.15, -0.1) is 0 Å². The van der Waals surface area contributed by atoms with E-state index in [4.69, 9.17) is 5.11 Å². The van der Waals surface area contributed by atoms with Gasteiger partial charge in [0.1, 0.15) is 0 Å². The van der Waals surface area contributed by atoms with Crippen molar-refractivity contribution in [1.82, 2.24) is 10.2 Å². The molecule has 0 aromatic rings. The molecular weight excluding hydrogens is 204 g/mol. The molecule has 1 aliphatic heterocycles. The Labute approximate surface area is 97.0 Å². The van der Waals surface area contributed by atoms with Crippen molar-refractivity contribution in [2.24, 2.45) is 0 Å². The summed E-state index contributed by atoms with van der Waals surface area (Å²) in [6.07, 6.45) is 5.54. The smallest absolute Gasteiger partial charge is 0.237 e. The van der Waals surface area contributed by atoms with Crippen LogP contribution >= 0.6 is 0 Å². The summed E-state index contributed by atoms with van der Waals surface area (Å²) < 4.78 is 0. The van der Waals surface area contributed by atoms with E-state index in [9.17, 15) is 4.79 Å². The van der Waals surface area contributed by atoms with Crippen molar-refractivity contribution in [2.45, 2.75) is 57.2 Å². The van der Waals surface area contributed by atoms with Gasteiger partial charge in [0.2, 0.25) is 5.91 Å². The number of carbonyl (C=O) groups excluding carboxylic acids is 1. The summed E-state index contributed by atoms with van der Waals surface area (Å²) in [5.74, 6) is 0.0963. The molecule has 2 N–H and O–H groups in total. The number of hydrogen-bond donors (Lipinski definition) is 2. The average Bonchev–Trinajstić information content (AvgIpc) is 2.77. The van der Waals surface area contributed by atoms with E-state index in [1.54, 1.807) is 0 Å². The maximum Gasteiger partial charge on any atom is 0.237 e. The largest absolute Gasteiger partial charge is 0.396 e. The van der Waals surface area contributed by atoms with Gasteiger partial charge in [-0.1, -0.05) is 12.8 Å². The van der Waals surface area contributed by atoms with Gasteiger partial charge in [0.15, 0.2) is 0 Å². The predicted octanol–water partition coefficient (Wildman–Crippen LogP) is 0.500. The highest BCUT2D eigenvalue weighted by Gasteiger charge is 2.38. The van der Waals surface area contributed by atoms with Crippen LogP contribution in [0.15, 0.2) is 0 Å². The zero-order chi connectivity index (χ0) is 11.5. The minimum Gasteiger partial charge on any atom is -0.396 e. The van der Waals surface area contributed by atoms with Crippen LogP contribution in [0.4, 0.5) is 0 Å². The second kappa shape index (κ2) is 5.15. The molecule has 16 heavy (non-hydrogen) atoms. The molecule has 0 bridgehead atoms. The quantitative estimate of drug-likeness (QED) is 0.737. The Balaban J connectivity index is 2.10. The lowest BCUT2D eigenvalue weighted by Crippen LogP contribution is -2.62. The van der Waals surface area contributed by atoms with Crippen LogP contribution in [0.5, 0.6) is 0 Å². The molecule has 2 aliphatic rings. The second-order valence-electron chi connectivity index (χ2n) is 5.01. The third-order valence-corrected chi connectivity index (χ3v) is 3.89. The highest BCUT2D eigenvalue weighted by molar-refractivity contribution is 5.82. The molecule has 1 saturated carbocycles. The molecule has 2 rings (SSSR count). The zero-order valence-corrected chi connectivity index (χ0v) is 9.98. The highest BCUT2D eigenvalue weighted by Crippen LogP contribution is 2.29. The summed E-state index contributed by atoms with van der Waals surface area (Å²) in [5.41, 5.74) is 0. The molecule has 0 spiro atoms. The van der Waals surface area contributed by atoms with Crippen LogP contribution in [-0.2, 0) is 4.79 Å². The molecule has 2 atom stereocenters. The molecule has 1 saturated heterocycles. The van der Waals surface area contributed by atoms with Crippen LogP contribution in [-0.4, -0.2) is 47.2 Å². The molecular formula is C12H22N2O2. The van der Waals surface area contributed by atoms with Crippen molar-refractivity contribution in [3.05, 3.63) is 0 Å². The number of aliphatic hydroxyl groups excluding tert-OH is 1. The second-order valence-corrected chi connectivity index (χ2v) is 5.01. The zero-order valence-electron chi connectivity index (χ0n) is 9.98. The van der Waals surface area contributed by atoms with Crippen LogP contribution in [0.25, 0.3) is 0 Å². The summed E-state index contributed by atoms with van der Waals surface area (Å²) in [7, 11) is 0. The lowest BCUT2D eigenvalue weighted by atomic mass is 10.0. The van der Waals surface area contributed by atoms with E-state index >= 15 is 0 Å². The third kappa shape index (κ3) is 2.23. The minimum absolute atomic E-state index is 0.0913. The number of rotatable bonds is 3. The van der Waals surface area contributed by atoms with Gasteiger partial charge >= 0.3 is 0 Å². The number of nitrogens with one attached hydrogen (secondary N) is 1. The number of piperazine rings is 1. The molecule has 0 aromatic heterocycles. The summed E-state index contributed by atoms with van der Waals surface area (Å²) in [6, 6.07) is 0.840. The summed E-state index contributed by atoms with van der Waals surface area (Å²) in [4.78, 5) is 14.2. The molecule has 4 nitrogen and oxygen atoms in total. The minimum atomic E-state index is -0.114. The molecule has 92 valence electrons. The normalized spacial score (nSPS) is 33.0. The van der Waals surface area contributed by atoms with Gasteiger partial charge in [-0.2, -0.15) is 0 Å². The summed E-state index contributed by atoms with van der Waals surface area (Å²) in [6.45, 7) is 3.01. The SMILES string of the molecule is CC1CNC(=O)C(CCO)N1C1CCCC1. The topological polar surface area (TPSA) is 52.6 Å². The van der Waals surface area contributed by atoms with Gasteiger partial charge in [0.05, 0.1) is 6.04 Å². The van der Waals surface area contributed by atoms with E-state index in [-0.39, 0.29) is 18.6 Å². The standard InChI is InChI=1S/C12H22N2O2/c1-9-8-13-12(16)11(6-7-15)14(9)10-4-2-3-5-10/h9-11,15H,2-8H2,1H3,(H,13,16). The van der Waals surface area contributed by atoms with Crippen LogP contribution in [0, 0.1) is 0 Å². The van der Waals surface area contributed by atoms with E-state index < -0.39 is 0 Å². The Kier molecular flexibility index (Phi) is 3.82. The van der Waals surface area contributed by atoms with Crippen molar-refractivity contribution in [1.29, 1.82) is 0 Å². The lowest BCUT2D eigenvalue weighted by molar-refractivity contribution is -0.133. The Hall–Kier alpha value is -0.610. The Morgan fingerprint density at radius 1 is 1.44 bits per heavy atom. The van der Waals surface area contributed by atoms with E-state index in [2.05, 4.69) is 17.1 Å². The van der Waals surface area contributed by atoms with Gasteiger partial charge in [0, 0.05) is 25.2 Å². The van der Waals surface area contributed by atoms with Crippen LogP contribution < -0.4 is 5.32 Å². The highest BCUT2D eigenvalue weighted by atomic mass is 16.3. The van der Waals surface area contributed by atoms with Crippen LogP contribution in [0.2, 0.25) is 0 Å². The van der Waals surface area contributed by atoms with Gasteiger partial charge in [-0.25, -0.2) is 0 Å². The lowest BCUT2D eigenvalue weighted by Gasteiger charge is -2.43. The summed E-state index contributed by atoms with van der Waals surface area (Å²) >= 11 is 0. The fraction of sp³-hybridized carbons (Fsp3) is 0.917. The van der Waals surface area contributed by atoms with Gasteiger partial charge < -0.3 is 10.4 Å². The van der Waals surface area contributed by atoms with E-state index in [0.717, 1.165) is 6.54 Å². The third-order valence-electron chi connectivity index (χ3n) is 3.89. The number of aliphatic hydroxyl groups is 1. The van der Waals surface area contributed by atoms with Crippen molar-refractivity contribution in [3.8, 4) is 0 Å². The van der Waals surface area contributed by atoms with E-state index in [0.29, 0.717) is 18.5 Å². The van der Waals surface area contributed by atoms with Crippen molar-refractivity contribution >= 4 is 5.91 Å². The van der Waals surface area contributed by atoms with Crippen LogP contribution in [0.3, 0.4) is 0 Å². The number of amides is 1. The maximum atomic E-state index is 11.8. The number of nitrogens with zero attached hydrogens (tertiary/aromatic N) is 1. The summed E-state index contributed by atoms with van der Waals surface area (Å²) in [5, 5.41) is 12.0. The Morgan fingerprint density at radius 2 is 2.12 bits per heavy atom. The predicted molar refractivity (Wildman–Crippen MR) is 62.1 cm³/mol. The van der Waals surface area contributed by atoms with E-state index in [1.807, 2.05) is 0 Å². The monoisotopic (exact) mass is 226 g/mol. The average molecular weight is 226 g/mol. The first-order valence-electron chi connectivity index (χ1n) is 6.40.